The van der Waals surface area contributed by atoms with E-state index in [1.807, 2.05) is 48.5 Å². The molecule has 0 atom stereocenters. The van der Waals surface area contributed by atoms with E-state index in [1.165, 1.54) is 5.56 Å². The number of nitrogens with one attached hydrogen (secondary N) is 1. The van der Waals surface area contributed by atoms with Crippen LogP contribution in [0.25, 0.3) is 0 Å². The SMILES string of the molecule is COc1ccccc1CCCNC(=O)COc1ccc(C(C)(C)C)cc1. The van der Waals surface area contributed by atoms with Crippen LogP contribution < -0.4 is 14.8 Å². The lowest BCUT2D eigenvalue weighted by atomic mass is 9.87. The van der Waals surface area contributed by atoms with Gasteiger partial charge in [0.25, 0.3) is 5.91 Å². The summed E-state index contributed by atoms with van der Waals surface area (Å²) in [5.41, 5.74) is 2.50. The lowest BCUT2D eigenvalue weighted by molar-refractivity contribution is -0.123. The number of aryl methyl sites for hydroxylation is 1. The molecule has 2 aromatic carbocycles. The molecular formula is C22H29NO3. The monoisotopic (exact) mass is 355 g/mol. The molecule has 0 fully saturated rings. The molecule has 26 heavy (non-hydrogen) atoms. The Morgan fingerprint density at radius 3 is 2.38 bits per heavy atom. The highest BCUT2D eigenvalue weighted by molar-refractivity contribution is 5.77. The summed E-state index contributed by atoms with van der Waals surface area (Å²) in [6.07, 6.45) is 1.71. The predicted molar refractivity (Wildman–Crippen MR) is 105 cm³/mol. The van der Waals surface area contributed by atoms with Crippen molar-refractivity contribution < 1.29 is 14.3 Å². The highest BCUT2D eigenvalue weighted by atomic mass is 16.5. The summed E-state index contributed by atoms with van der Waals surface area (Å²) in [7, 11) is 1.67. The molecule has 0 aliphatic rings. The van der Waals surface area contributed by atoms with Gasteiger partial charge in [-0.1, -0.05) is 51.1 Å². The number of methoxy groups -OCH3 is 1. The third-order valence-corrected chi connectivity index (χ3v) is 4.23. The van der Waals surface area contributed by atoms with E-state index in [4.69, 9.17) is 9.47 Å². The zero-order chi connectivity index (χ0) is 19.0. The second-order valence-electron chi connectivity index (χ2n) is 7.33. The summed E-state index contributed by atoms with van der Waals surface area (Å²) in [6.45, 7) is 7.15. The Kier molecular flexibility index (Phi) is 7.07. The Morgan fingerprint density at radius 2 is 1.73 bits per heavy atom. The fourth-order valence-corrected chi connectivity index (χ4v) is 2.67. The minimum atomic E-state index is -0.107. The van der Waals surface area contributed by atoms with Crippen LogP contribution in [0.2, 0.25) is 0 Å². The van der Waals surface area contributed by atoms with E-state index in [9.17, 15) is 4.79 Å². The Hall–Kier alpha value is -2.49. The first kappa shape index (κ1) is 19.8. The summed E-state index contributed by atoms with van der Waals surface area (Å²) >= 11 is 0. The molecule has 1 amide bonds. The third kappa shape index (κ3) is 6.10. The number of para-hydroxylation sites is 1. The lowest BCUT2D eigenvalue weighted by Crippen LogP contribution is -2.29. The molecule has 0 heterocycles. The van der Waals surface area contributed by atoms with Gasteiger partial charge in [-0.05, 0) is 47.6 Å². The first-order valence-electron chi connectivity index (χ1n) is 9.02. The van der Waals surface area contributed by atoms with Gasteiger partial charge in [0.1, 0.15) is 11.5 Å². The van der Waals surface area contributed by atoms with Crippen molar-refractivity contribution in [3.8, 4) is 11.5 Å². The molecule has 0 saturated heterocycles. The van der Waals surface area contributed by atoms with Crippen molar-refractivity contribution in [2.24, 2.45) is 0 Å². The summed E-state index contributed by atoms with van der Waals surface area (Å²) < 4.78 is 10.9. The first-order chi connectivity index (χ1) is 12.4. The highest BCUT2D eigenvalue weighted by Gasteiger charge is 2.13. The number of hydrogen-bond acceptors (Lipinski definition) is 3. The number of hydrogen-bond donors (Lipinski definition) is 1. The summed E-state index contributed by atoms with van der Waals surface area (Å²) in [5.74, 6) is 1.49. The minimum absolute atomic E-state index is 0.0313. The third-order valence-electron chi connectivity index (χ3n) is 4.23. The van der Waals surface area contributed by atoms with E-state index in [2.05, 4.69) is 26.1 Å². The van der Waals surface area contributed by atoms with Gasteiger partial charge < -0.3 is 14.8 Å². The van der Waals surface area contributed by atoms with Gasteiger partial charge in [-0.2, -0.15) is 0 Å². The molecule has 2 aromatic rings. The zero-order valence-corrected chi connectivity index (χ0v) is 16.2. The van der Waals surface area contributed by atoms with Crippen LogP contribution in [-0.4, -0.2) is 26.2 Å². The molecule has 1 N–H and O–H groups in total. The van der Waals surface area contributed by atoms with Crippen LogP contribution in [0.4, 0.5) is 0 Å². The van der Waals surface area contributed by atoms with Crippen LogP contribution in [0.15, 0.2) is 48.5 Å². The van der Waals surface area contributed by atoms with Gasteiger partial charge in [0.05, 0.1) is 7.11 Å². The van der Waals surface area contributed by atoms with Crippen molar-refractivity contribution in [1.82, 2.24) is 5.32 Å². The maximum absolute atomic E-state index is 11.9. The average Bonchev–Trinajstić information content (AvgIpc) is 2.63. The zero-order valence-electron chi connectivity index (χ0n) is 16.2. The maximum Gasteiger partial charge on any atom is 0.257 e. The Bertz CT molecular complexity index is 702. The number of rotatable bonds is 8. The van der Waals surface area contributed by atoms with Gasteiger partial charge in [0.2, 0.25) is 0 Å². The number of ether oxygens (including phenoxy) is 2. The first-order valence-corrected chi connectivity index (χ1v) is 9.02. The molecule has 0 aromatic heterocycles. The van der Waals surface area contributed by atoms with Gasteiger partial charge >= 0.3 is 0 Å². The van der Waals surface area contributed by atoms with Crippen LogP contribution in [0, 0.1) is 0 Å². The van der Waals surface area contributed by atoms with Crippen LogP contribution >= 0.6 is 0 Å². The van der Waals surface area contributed by atoms with Crippen molar-refractivity contribution in [3.63, 3.8) is 0 Å². The molecule has 4 heteroatoms. The average molecular weight is 355 g/mol. The molecule has 140 valence electrons. The van der Waals surface area contributed by atoms with E-state index in [-0.39, 0.29) is 17.9 Å². The van der Waals surface area contributed by atoms with Gasteiger partial charge in [-0.3, -0.25) is 4.79 Å². The topological polar surface area (TPSA) is 47.6 Å². The lowest BCUT2D eigenvalue weighted by Gasteiger charge is -2.19. The van der Waals surface area contributed by atoms with E-state index < -0.39 is 0 Å². The summed E-state index contributed by atoms with van der Waals surface area (Å²) in [5, 5.41) is 2.89. The smallest absolute Gasteiger partial charge is 0.257 e. The van der Waals surface area contributed by atoms with Crippen molar-refractivity contribution >= 4 is 5.91 Å². The van der Waals surface area contributed by atoms with Crippen molar-refractivity contribution in [2.45, 2.75) is 39.0 Å². The summed E-state index contributed by atoms with van der Waals surface area (Å²) in [6, 6.07) is 15.9. The molecule has 0 aliphatic carbocycles. The van der Waals surface area contributed by atoms with Gasteiger partial charge in [0, 0.05) is 6.54 Å². The Balaban J connectivity index is 1.69. The fraction of sp³-hybridized carbons (Fsp3) is 0.409. The second kappa shape index (κ2) is 9.27. The molecule has 0 bridgehead atoms. The van der Waals surface area contributed by atoms with Crippen LogP contribution in [-0.2, 0) is 16.6 Å². The standard InChI is InChI=1S/C22H29NO3/c1-22(2,3)18-11-13-19(14-12-18)26-16-21(24)23-15-7-9-17-8-5-6-10-20(17)25-4/h5-6,8,10-14H,7,9,15-16H2,1-4H3,(H,23,24). The molecule has 0 aliphatic heterocycles. The van der Waals surface area contributed by atoms with Crippen LogP contribution in [0.5, 0.6) is 11.5 Å². The molecule has 4 nitrogen and oxygen atoms in total. The Labute approximate surface area is 156 Å². The van der Waals surface area contributed by atoms with E-state index in [1.54, 1.807) is 7.11 Å². The maximum atomic E-state index is 11.9. The number of benzene rings is 2. The fourth-order valence-electron chi connectivity index (χ4n) is 2.67. The molecule has 0 radical (unpaired) electrons. The molecule has 0 spiro atoms. The molecule has 0 unspecified atom stereocenters. The normalized spacial score (nSPS) is 11.1. The van der Waals surface area contributed by atoms with Gasteiger partial charge in [-0.15, -0.1) is 0 Å². The number of carbonyl (C=O) groups is 1. The molecular weight excluding hydrogens is 326 g/mol. The Morgan fingerprint density at radius 1 is 1.04 bits per heavy atom. The predicted octanol–water partition coefficient (Wildman–Crippen LogP) is 4.12. The largest absolute Gasteiger partial charge is 0.496 e. The quantitative estimate of drug-likeness (QED) is 0.725. The number of amides is 1. The van der Waals surface area contributed by atoms with Crippen LogP contribution in [0.3, 0.4) is 0 Å². The van der Waals surface area contributed by atoms with E-state index in [0.717, 1.165) is 24.2 Å². The van der Waals surface area contributed by atoms with Crippen molar-refractivity contribution in [2.75, 3.05) is 20.3 Å². The summed E-state index contributed by atoms with van der Waals surface area (Å²) in [4.78, 5) is 11.9. The van der Waals surface area contributed by atoms with E-state index >= 15 is 0 Å². The minimum Gasteiger partial charge on any atom is -0.496 e. The highest BCUT2D eigenvalue weighted by Crippen LogP contribution is 2.24. The molecule has 0 saturated carbocycles. The van der Waals surface area contributed by atoms with Crippen LogP contribution in [0.1, 0.15) is 38.3 Å². The molecule has 2 rings (SSSR count). The van der Waals surface area contributed by atoms with Crippen molar-refractivity contribution in [1.29, 1.82) is 0 Å². The van der Waals surface area contributed by atoms with Crippen molar-refractivity contribution in [3.05, 3.63) is 59.7 Å². The second-order valence-corrected chi connectivity index (χ2v) is 7.33. The van der Waals surface area contributed by atoms with E-state index in [0.29, 0.717) is 12.3 Å². The number of carbonyl (C=O) groups excluding carboxylic acids is 1. The van der Waals surface area contributed by atoms with Gasteiger partial charge in [-0.25, -0.2) is 0 Å². The van der Waals surface area contributed by atoms with Gasteiger partial charge in [0.15, 0.2) is 6.61 Å².